The molecular weight excluding hydrogens is 314 g/mol. The second-order valence-corrected chi connectivity index (χ2v) is 5.67. The van der Waals surface area contributed by atoms with E-state index in [0.29, 0.717) is 6.42 Å². The molecule has 102 valence electrons. The molecule has 0 N–H and O–H groups in total. The fraction of sp³-hybridized carbons (Fsp3) is 0.235. The molecule has 1 unspecified atom stereocenters. The van der Waals surface area contributed by atoms with Crippen LogP contribution >= 0.6 is 15.9 Å². The number of hydrogen-bond donors (Lipinski definition) is 0. The van der Waals surface area contributed by atoms with Gasteiger partial charge >= 0.3 is 0 Å². The molecule has 2 aromatic rings. The molecule has 0 radical (unpaired) electrons. The van der Waals surface area contributed by atoms with Crippen LogP contribution in [-0.4, -0.2) is 7.11 Å². The predicted molar refractivity (Wildman–Crippen MR) is 83.9 cm³/mol. The van der Waals surface area contributed by atoms with E-state index in [0.717, 1.165) is 21.3 Å². The van der Waals surface area contributed by atoms with Crippen molar-refractivity contribution in [3.63, 3.8) is 0 Å². The fourth-order valence-electron chi connectivity index (χ4n) is 2.22. The first-order chi connectivity index (χ1) is 9.63. The molecule has 20 heavy (non-hydrogen) atoms. The summed E-state index contributed by atoms with van der Waals surface area (Å²) in [7, 11) is 1.66. The van der Waals surface area contributed by atoms with E-state index in [1.54, 1.807) is 7.11 Å². The Morgan fingerprint density at radius 1 is 1.20 bits per heavy atom. The lowest BCUT2D eigenvalue weighted by Gasteiger charge is -2.13. The molecule has 0 spiro atoms. The van der Waals surface area contributed by atoms with Gasteiger partial charge in [-0.05, 0) is 42.7 Å². The number of benzene rings is 2. The molecule has 1 atom stereocenters. The van der Waals surface area contributed by atoms with Crippen LogP contribution in [0.2, 0.25) is 0 Å². The number of hydrogen-bond acceptors (Lipinski definition) is 2. The largest absolute Gasteiger partial charge is 0.496 e. The van der Waals surface area contributed by atoms with E-state index < -0.39 is 0 Å². The number of ether oxygens (including phenoxy) is 1. The van der Waals surface area contributed by atoms with Gasteiger partial charge < -0.3 is 4.74 Å². The number of rotatable bonds is 4. The average molecular weight is 330 g/mol. The zero-order chi connectivity index (χ0) is 14.5. The van der Waals surface area contributed by atoms with Crippen LogP contribution in [0.4, 0.5) is 0 Å². The van der Waals surface area contributed by atoms with E-state index in [-0.39, 0.29) is 5.92 Å². The van der Waals surface area contributed by atoms with E-state index in [4.69, 9.17) is 4.74 Å². The molecule has 0 aliphatic rings. The summed E-state index contributed by atoms with van der Waals surface area (Å²) in [6, 6.07) is 16.4. The van der Waals surface area contributed by atoms with E-state index >= 15 is 0 Å². The van der Waals surface area contributed by atoms with Gasteiger partial charge in [-0.1, -0.05) is 45.8 Å². The Balaban J connectivity index is 2.29. The maximum absolute atomic E-state index is 9.44. The van der Waals surface area contributed by atoms with Crippen molar-refractivity contribution in [3.8, 4) is 11.8 Å². The van der Waals surface area contributed by atoms with Crippen LogP contribution in [0, 0.1) is 18.3 Å². The van der Waals surface area contributed by atoms with Crippen molar-refractivity contribution < 1.29 is 4.74 Å². The van der Waals surface area contributed by atoms with Gasteiger partial charge in [-0.25, -0.2) is 0 Å². The second-order valence-electron chi connectivity index (χ2n) is 4.75. The summed E-state index contributed by atoms with van der Waals surface area (Å²) < 4.78 is 6.40. The minimum Gasteiger partial charge on any atom is -0.496 e. The zero-order valence-electron chi connectivity index (χ0n) is 11.6. The Bertz CT molecular complexity index is 628. The number of halogens is 1. The Labute approximate surface area is 128 Å². The highest BCUT2D eigenvalue weighted by Gasteiger charge is 2.14. The van der Waals surface area contributed by atoms with E-state index in [1.807, 2.05) is 43.3 Å². The van der Waals surface area contributed by atoms with Crippen LogP contribution in [0.15, 0.2) is 46.9 Å². The quantitative estimate of drug-likeness (QED) is 0.820. The highest BCUT2D eigenvalue weighted by molar-refractivity contribution is 9.10. The van der Waals surface area contributed by atoms with Gasteiger partial charge in [0.15, 0.2) is 0 Å². The number of nitriles is 1. The monoisotopic (exact) mass is 329 g/mol. The Morgan fingerprint density at radius 2 is 1.90 bits per heavy atom. The van der Waals surface area contributed by atoms with Crippen molar-refractivity contribution in [1.82, 2.24) is 0 Å². The van der Waals surface area contributed by atoms with E-state index in [1.165, 1.54) is 5.56 Å². The molecule has 0 amide bonds. The molecule has 0 aliphatic carbocycles. The summed E-state index contributed by atoms with van der Waals surface area (Å²) in [6.07, 6.45) is 0.656. The SMILES string of the molecule is COc1ccc(C)cc1CC(C#N)c1ccc(Br)cc1. The third-order valence-electron chi connectivity index (χ3n) is 3.29. The first-order valence-electron chi connectivity index (χ1n) is 6.42. The third kappa shape index (κ3) is 3.40. The maximum Gasteiger partial charge on any atom is 0.122 e. The van der Waals surface area contributed by atoms with Crippen LogP contribution in [0.5, 0.6) is 5.75 Å². The van der Waals surface area contributed by atoms with Gasteiger partial charge in [0.05, 0.1) is 19.1 Å². The van der Waals surface area contributed by atoms with Gasteiger partial charge in [0.1, 0.15) is 5.75 Å². The Hall–Kier alpha value is -1.79. The molecule has 0 bridgehead atoms. The van der Waals surface area contributed by atoms with Gasteiger partial charge in [-0.2, -0.15) is 5.26 Å². The number of aryl methyl sites for hydroxylation is 1. The topological polar surface area (TPSA) is 33.0 Å². The highest BCUT2D eigenvalue weighted by Crippen LogP contribution is 2.27. The van der Waals surface area contributed by atoms with Crippen LogP contribution in [-0.2, 0) is 6.42 Å². The smallest absolute Gasteiger partial charge is 0.122 e. The van der Waals surface area contributed by atoms with Gasteiger partial charge in [0, 0.05) is 4.47 Å². The summed E-state index contributed by atoms with van der Waals surface area (Å²) in [5.41, 5.74) is 3.27. The predicted octanol–water partition coefficient (Wildman–Crippen LogP) is 4.62. The molecule has 3 heteroatoms. The molecule has 2 nitrogen and oxygen atoms in total. The lowest BCUT2D eigenvalue weighted by Crippen LogP contribution is -2.02. The van der Waals surface area contributed by atoms with Gasteiger partial charge in [-0.15, -0.1) is 0 Å². The molecule has 0 heterocycles. The third-order valence-corrected chi connectivity index (χ3v) is 3.82. The number of methoxy groups -OCH3 is 1. The molecule has 0 saturated carbocycles. The minimum atomic E-state index is -0.168. The molecule has 0 aliphatic heterocycles. The van der Waals surface area contributed by atoms with E-state index in [9.17, 15) is 5.26 Å². The standard InChI is InChI=1S/C17H16BrNO/c1-12-3-8-17(20-2)14(9-12)10-15(11-19)13-4-6-16(18)7-5-13/h3-9,15H,10H2,1-2H3. The normalized spacial score (nSPS) is 11.7. The molecule has 2 rings (SSSR count). The van der Waals surface area contributed by atoms with E-state index in [2.05, 4.69) is 28.1 Å². The molecule has 2 aromatic carbocycles. The second kappa shape index (κ2) is 6.58. The van der Waals surface area contributed by atoms with Gasteiger partial charge in [0.25, 0.3) is 0 Å². The van der Waals surface area contributed by atoms with Crippen molar-refractivity contribution in [1.29, 1.82) is 5.26 Å². The summed E-state index contributed by atoms with van der Waals surface area (Å²) in [4.78, 5) is 0. The lowest BCUT2D eigenvalue weighted by molar-refractivity contribution is 0.409. The van der Waals surface area contributed by atoms with Crippen molar-refractivity contribution in [2.45, 2.75) is 19.3 Å². The first-order valence-corrected chi connectivity index (χ1v) is 7.22. The van der Waals surface area contributed by atoms with Crippen molar-refractivity contribution >= 4 is 15.9 Å². The van der Waals surface area contributed by atoms with Crippen molar-refractivity contribution in [3.05, 3.63) is 63.6 Å². The summed E-state index contributed by atoms with van der Waals surface area (Å²) >= 11 is 3.41. The number of nitrogens with zero attached hydrogens (tertiary/aromatic N) is 1. The van der Waals surface area contributed by atoms with Crippen LogP contribution in [0.3, 0.4) is 0 Å². The Kier molecular flexibility index (Phi) is 4.81. The highest BCUT2D eigenvalue weighted by atomic mass is 79.9. The van der Waals surface area contributed by atoms with Crippen molar-refractivity contribution in [2.24, 2.45) is 0 Å². The maximum atomic E-state index is 9.44. The van der Waals surface area contributed by atoms with Gasteiger partial charge in [0.2, 0.25) is 0 Å². The Morgan fingerprint density at radius 3 is 2.50 bits per heavy atom. The average Bonchev–Trinajstić information content (AvgIpc) is 2.46. The van der Waals surface area contributed by atoms with Crippen molar-refractivity contribution in [2.75, 3.05) is 7.11 Å². The molecule has 0 fully saturated rings. The first kappa shape index (κ1) is 14.6. The summed E-state index contributed by atoms with van der Waals surface area (Å²) in [6.45, 7) is 2.05. The molecular formula is C17H16BrNO. The zero-order valence-corrected chi connectivity index (χ0v) is 13.1. The molecule has 0 aromatic heterocycles. The fourth-order valence-corrected chi connectivity index (χ4v) is 2.48. The summed E-state index contributed by atoms with van der Waals surface area (Å²) in [5, 5.41) is 9.44. The minimum absolute atomic E-state index is 0.168. The van der Waals surface area contributed by atoms with Crippen LogP contribution < -0.4 is 4.74 Å². The molecule has 0 saturated heterocycles. The lowest BCUT2D eigenvalue weighted by atomic mass is 9.92. The summed E-state index contributed by atoms with van der Waals surface area (Å²) in [5.74, 6) is 0.673. The van der Waals surface area contributed by atoms with Gasteiger partial charge in [-0.3, -0.25) is 0 Å². The van der Waals surface area contributed by atoms with Crippen LogP contribution in [0.1, 0.15) is 22.6 Å². The van der Waals surface area contributed by atoms with Crippen LogP contribution in [0.25, 0.3) is 0 Å².